The van der Waals surface area contributed by atoms with Crippen LogP contribution in [0.1, 0.15) is 50.2 Å². The summed E-state index contributed by atoms with van der Waals surface area (Å²) in [4.78, 5) is 41.4. The number of halogens is 1. The van der Waals surface area contributed by atoms with Crippen molar-refractivity contribution >= 4 is 45.9 Å². The Morgan fingerprint density at radius 3 is 2.49 bits per heavy atom. The van der Waals surface area contributed by atoms with E-state index in [4.69, 9.17) is 11.6 Å². The molecule has 0 bridgehead atoms. The summed E-state index contributed by atoms with van der Waals surface area (Å²) < 4.78 is 1.86. The zero-order valence-corrected chi connectivity index (χ0v) is 21.3. The van der Waals surface area contributed by atoms with E-state index in [0.29, 0.717) is 28.9 Å². The highest BCUT2D eigenvalue weighted by atomic mass is 35.5. The maximum Gasteiger partial charge on any atom is 0.273 e. The predicted octanol–water partition coefficient (Wildman–Crippen LogP) is 4.83. The lowest BCUT2D eigenvalue weighted by Crippen LogP contribution is -2.63. The van der Waals surface area contributed by atoms with Crippen LogP contribution in [-0.2, 0) is 22.7 Å². The molecule has 3 aromatic rings. The van der Waals surface area contributed by atoms with Crippen LogP contribution in [0.4, 0.5) is 5.69 Å². The third-order valence-corrected chi connectivity index (χ3v) is 6.93. The van der Waals surface area contributed by atoms with Crippen molar-refractivity contribution in [3.8, 4) is 0 Å². The second kappa shape index (κ2) is 9.74. The van der Waals surface area contributed by atoms with Gasteiger partial charge < -0.3 is 20.1 Å². The van der Waals surface area contributed by atoms with Crippen LogP contribution in [0.3, 0.4) is 0 Å². The van der Waals surface area contributed by atoms with Crippen LogP contribution in [0.25, 0.3) is 10.9 Å². The Balaban J connectivity index is 1.85. The number of anilines is 1. The summed E-state index contributed by atoms with van der Waals surface area (Å²) in [6.45, 7) is 8.34. The van der Waals surface area contributed by atoms with Crippen LogP contribution < -0.4 is 10.6 Å². The number of nitrogens with zero attached hydrogens (tertiary/aromatic N) is 2. The maximum absolute atomic E-state index is 14.1. The Bertz CT molecular complexity index is 1300. The van der Waals surface area contributed by atoms with Gasteiger partial charge in [0.15, 0.2) is 0 Å². The lowest BCUT2D eigenvalue weighted by molar-refractivity contribution is -0.133. The molecular weight excluding hydrogens is 464 g/mol. The summed E-state index contributed by atoms with van der Waals surface area (Å²) in [5, 5.41) is 7.18. The standard InChI is InChI=1S/C27H31ClN4O3/c1-17(2)13-14-29-26(35)27(4)16-31-22-12-8-6-10-20(22)23(30-18(3)33)24(31)25(34)32(27)15-19-9-5-7-11-21(19)28/h5-12,17H,13-16H2,1-4H3,(H,29,35)(H,30,33)/t27-/m0/s1. The smallest absolute Gasteiger partial charge is 0.273 e. The Kier molecular flexibility index (Phi) is 6.90. The van der Waals surface area contributed by atoms with E-state index < -0.39 is 5.54 Å². The first-order valence-corrected chi connectivity index (χ1v) is 12.2. The van der Waals surface area contributed by atoms with Crippen molar-refractivity contribution in [1.82, 2.24) is 14.8 Å². The molecule has 35 heavy (non-hydrogen) atoms. The summed E-state index contributed by atoms with van der Waals surface area (Å²) in [5.74, 6) is -0.384. The number of rotatable bonds is 7. The van der Waals surface area contributed by atoms with Gasteiger partial charge in [-0.05, 0) is 37.0 Å². The summed E-state index contributed by atoms with van der Waals surface area (Å²) in [6.07, 6.45) is 0.838. The fraction of sp³-hybridized carbons (Fsp3) is 0.370. The molecule has 0 spiro atoms. The average molecular weight is 495 g/mol. The van der Waals surface area contributed by atoms with Crippen LogP contribution >= 0.6 is 11.6 Å². The molecule has 0 aliphatic carbocycles. The van der Waals surface area contributed by atoms with Gasteiger partial charge in [-0.25, -0.2) is 0 Å². The Morgan fingerprint density at radius 1 is 1.11 bits per heavy atom. The molecule has 1 aliphatic heterocycles. The van der Waals surface area contributed by atoms with Gasteiger partial charge in [0.1, 0.15) is 11.2 Å². The van der Waals surface area contributed by atoms with E-state index >= 15 is 0 Å². The van der Waals surface area contributed by atoms with Gasteiger partial charge in [0.2, 0.25) is 11.8 Å². The van der Waals surface area contributed by atoms with Crippen molar-refractivity contribution in [3.63, 3.8) is 0 Å². The molecule has 0 saturated carbocycles. The second-order valence-corrected chi connectivity index (χ2v) is 10.1. The quantitative estimate of drug-likeness (QED) is 0.493. The van der Waals surface area contributed by atoms with Crippen molar-refractivity contribution < 1.29 is 14.4 Å². The lowest BCUT2D eigenvalue weighted by Gasteiger charge is -2.44. The second-order valence-electron chi connectivity index (χ2n) is 9.70. The van der Waals surface area contributed by atoms with E-state index in [1.54, 1.807) is 17.9 Å². The van der Waals surface area contributed by atoms with E-state index in [-0.39, 0.29) is 30.8 Å². The normalized spacial score (nSPS) is 17.5. The van der Waals surface area contributed by atoms with E-state index in [1.807, 2.05) is 47.0 Å². The minimum Gasteiger partial charge on any atom is -0.354 e. The lowest BCUT2D eigenvalue weighted by atomic mass is 9.93. The predicted molar refractivity (Wildman–Crippen MR) is 138 cm³/mol. The van der Waals surface area contributed by atoms with Crippen LogP contribution in [0.15, 0.2) is 48.5 Å². The number of hydrogen-bond acceptors (Lipinski definition) is 3. The largest absolute Gasteiger partial charge is 0.354 e. The van der Waals surface area contributed by atoms with E-state index in [1.165, 1.54) is 6.92 Å². The number of aromatic nitrogens is 1. The minimum absolute atomic E-state index is 0.160. The van der Waals surface area contributed by atoms with Gasteiger partial charge in [0.25, 0.3) is 5.91 Å². The van der Waals surface area contributed by atoms with Crippen molar-refractivity contribution in [2.45, 2.75) is 52.7 Å². The summed E-state index contributed by atoms with van der Waals surface area (Å²) in [6, 6.07) is 14.8. The molecule has 1 atom stereocenters. The van der Waals surface area contributed by atoms with E-state index in [0.717, 1.165) is 22.9 Å². The molecule has 184 valence electrons. The van der Waals surface area contributed by atoms with Gasteiger partial charge in [-0.15, -0.1) is 0 Å². The Labute approximate surface area is 210 Å². The minimum atomic E-state index is -1.17. The molecule has 1 aliphatic rings. The number of carbonyl (C=O) groups is 3. The van der Waals surface area contributed by atoms with Crippen LogP contribution in [0.5, 0.6) is 0 Å². The van der Waals surface area contributed by atoms with Gasteiger partial charge >= 0.3 is 0 Å². The molecule has 0 radical (unpaired) electrons. The molecule has 8 heteroatoms. The van der Waals surface area contributed by atoms with Gasteiger partial charge in [-0.2, -0.15) is 0 Å². The molecule has 3 amide bonds. The maximum atomic E-state index is 14.1. The molecule has 0 fully saturated rings. The van der Waals surface area contributed by atoms with Gasteiger partial charge in [0, 0.05) is 30.4 Å². The molecule has 0 unspecified atom stereocenters. The SMILES string of the molecule is CC(=O)Nc1c2n(c3ccccc13)C[C@@](C)(C(=O)NCCC(C)C)N(Cc1ccccc1Cl)C2=O. The number of benzene rings is 2. The number of amides is 3. The number of para-hydroxylation sites is 1. The van der Waals surface area contributed by atoms with Crippen LogP contribution in [-0.4, -0.2) is 39.3 Å². The average Bonchev–Trinajstić information content (AvgIpc) is 3.10. The van der Waals surface area contributed by atoms with Gasteiger partial charge in [0.05, 0.1) is 17.7 Å². The topological polar surface area (TPSA) is 83.4 Å². The number of hydrogen-bond donors (Lipinski definition) is 2. The van der Waals surface area contributed by atoms with Gasteiger partial charge in [-0.1, -0.05) is 61.8 Å². The van der Waals surface area contributed by atoms with Crippen molar-refractivity contribution in [1.29, 1.82) is 0 Å². The van der Waals surface area contributed by atoms with E-state index in [9.17, 15) is 14.4 Å². The fourth-order valence-corrected chi connectivity index (χ4v) is 4.84. The zero-order chi connectivity index (χ0) is 25.3. The molecular formula is C27H31ClN4O3. The molecule has 7 nitrogen and oxygen atoms in total. The number of fused-ring (bicyclic) bond motifs is 3. The number of nitrogens with one attached hydrogen (secondary N) is 2. The highest BCUT2D eigenvalue weighted by molar-refractivity contribution is 6.31. The van der Waals surface area contributed by atoms with Crippen LogP contribution in [0.2, 0.25) is 5.02 Å². The summed E-state index contributed by atoms with van der Waals surface area (Å²) >= 11 is 6.45. The van der Waals surface area contributed by atoms with Crippen LogP contribution in [0, 0.1) is 5.92 Å². The Hall–Kier alpha value is -3.32. The first kappa shape index (κ1) is 24.8. The monoisotopic (exact) mass is 494 g/mol. The molecule has 1 aromatic heterocycles. The molecule has 2 heterocycles. The first-order valence-electron chi connectivity index (χ1n) is 11.9. The molecule has 4 rings (SSSR count). The molecule has 2 aromatic carbocycles. The number of carbonyl (C=O) groups excluding carboxylic acids is 3. The highest BCUT2D eigenvalue weighted by Crippen LogP contribution is 2.39. The molecule has 2 N–H and O–H groups in total. The van der Waals surface area contributed by atoms with Crippen molar-refractivity contribution in [3.05, 3.63) is 64.8 Å². The van der Waals surface area contributed by atoms with Crippen molar-refractivity contribution in [2.75, 3.05) is 11.9 Å². The fourth-order valence-electron chi connectivity index (χ4n) is 4.64. The zero-order valence-electron chi connectivity index (χ0n) is 20.5. The van der Waals surface area contributed by atoms with Gasteiger partial charge in [-0.3, -0.25) is 14.4 Å². The van der Waals surface area contributed by atoms with Crippen molar-refractivity contribution in [2.24, 2.45) is 5.92 Å². The molecule has 0 saturated heterocycles. The summed E-state index contributed by atoms with van der Waals surface area (Å²) in [7, 11) is 0. The summed E-state index contributed by atoms with van der Waals surface area (Å²) in [5.41, 5.74) is 1.19. The van der Waals surface area contributed by atoms with E-state index in [2.05, 4.69) is 24.5 Å². The first-order chi connectivity index (χ1) is 16.6. The Morgan fingerprint density at radius 2 is 1.80 bits per heavy atom. The third-order valence-electron chi connectivity index (χ3n) is 6.56. The third kappa shape index (κ3) is 4.65. The highest BCUT2D eigenvalue weighted by Gasteiger charge is 2.49.